The normalized spacial score (nSPS) is 11.6. The Bertz CT molecular complexity index is 909. The van der Waals surface area contributed by atoms with Gasteiger partial charge >= 0.3 is 0 Å². The molecule has 2 N–H and O–H groups in total. The zero-order valence-corrected chi connectivity index (χ0v) is 14.8. The summed E-state index contributed by atoms with van der Waals surface area (Å²) in [7, 11) is 0. The predicted molar refractivity (Wildman–Crippen MR) is 97.4 cm³/mol. The Hall–Kier alpha value is -3.55. The third kappa shape index (κ3) is 4.55. The molecule has 0 aromatic heterocycles. The second kappa shape index (κ2) is 7.77. The summed E-state index contributed by atoms with van der Waals surface area (Å²) in [5.41, 5.74) is 1.33. The minimum Gasteiger partial charge on any atom is -0.482 e. The molecule has 2 aromatic carbocycles. The van der Waals surface area contributed by atoms with Gasteiger partial charge in [-0.1, -0.05) is 0 Å². The molecule has 1 heterocycles. The molecule has 0 bridgehead atoms. The van der Waals surface area contributed by atoms with Gasteiger partial charge in [-0.3, -0.25) is 14.4 Å². The molecule has 2 amide bonds. The van der Waals surface area contributed by atoms with Gasteiger partial charge in [-0.2, -0.15) is 0 Å². The zero-order chi connectivity index (χ0) is 19.4. The highest BCUT2D eigenvalue weighted by Crippen LogP contribution is 2.34. The van der Waals surface area contributed by atoms with E-state index in [4.69, 9.17) is 14.2 Å². The number of anilines is 2. The molecule has 0 unspecified atom stereocenters. The predicted octanol–water partition coefficient (Wildman–Crippen LogP) is 2.59. The second-order valence-electron chi connectivity index (χ2n) is 5.85. The quantitative estimate of drug-likeness (QED) is 0.758. The van der Waals surface area contributed by atoms with Crippen LogP contribution in [-0.4, -0.2) is 31.0 Å². The standard InChI is InChI=1S/C19H18N2O6/c1-11(22)13-3-5-15(20-12(2)23)17(7-13)25-9-19(24)21-14-4-6-16-18(8-14)27-10-26-16/h3-8H,9-10H2,1-2H3,(H,20,23)(H,21,24). The highest BCUT2D eigenvalue weighted by Gasteiger charge is 2.15. The van der Waals surface area contributed by atoms with Crippen LogP contribution in [0.2, 0.25) is 0 Å². The van der Waals surface area contributed by atoms with E-state index in [1.54, 1.807) is 30.3 Å². The number of amides is 2. The molecule has 0 saturated carbocycles. The summed E-state index contributed by atoms with van der Waals surface area (Å²) in [6, 6.07) is 9.66. The average molecular weight is 370 g/mol. The van der Waals surface area contributed by atoms with Gasteiger partial charge in [0.15, 0.2) is 23.9 Å². The van der Waals surface area contributed by atoms with Crippen molar-refractivity contribution in [2.45, 2.75) is 13.8 Å². The van der Waals surface area contributed by atoms with E-state index in [0.29, 0.717) is 28.4 Å². The summed E-state index contributed by atoms with van der Waals surface area (Å²) in [5, 5.41) is 5.29. The lowest BCUT2D eigenvalue weighted by molar-refractivity contribution is -0.118. The third-order valence-electron chi connectivity index (χ3n) is 3.71. The van der Waals surface area contributed by atoms with Crippen LogP contribution in [-0.2, 0) is 9.59 Å². The van der Waals surface area contributed by atoms with E-state index < -0.39 is 5.91 Å². The summed E-state index contributed by atoms with van der Waals surface area (Å²) in [5.74, 6) is 0.551. The van der Waals surface area contributed by atoms with Gasteiger partial charge in [0.1, 0.15) is 5.75 Å². The highest BCUT2D eigenvalue weighted by atomic mass is 16.7. The fraction of sp³-hybridized carbons (Fsp3) is 0.211. The average Bonchev–Trinajstić information content (AvgIpc) is 3.08. The summed E-state index contributed by atoms with van der Waals surface area (Å²) in [4.78, 5) is 35.1. The van der Waals surface area contributed by atoms with Gasteiger partial charge in [0, 0.05) is 24.2 Å². The number of carbonyl (C=O) groups excluding carboxylic acids is 3. The molecule has 8 nitrogen and oxygen atoms in total. The van der Waals surface area contributed by atoms with Gasteiger partial charge in [0.05, 0.1) is 5.69 Å². The van der Waals surface area contributed by atoms with Crippen molar-refractivity contribution in [3.63, 3.8) is 0 Å². The number of carbonyl (C=O) groups is 3. The van der Waals surface area contributed by atoms with E-state index in [9.17, 15) is 14.4 Å². The second-order valence-corrected chi connectivity index (χ2v) is 5.85. The van der Waals surface area contributed by atoms with Gasteiger partial charge in [0.25, 0.3) is 5.91 Å². The number of hydrogen-bond donors (Lipinski definition) is 2. The Morgan fingerprint density at radius 3 is 2.52 bits per heavy atom. The van der Waals surface area contributed by atoms with Crippen LogP contribution in [0, 0.1) is 0 Å². The molecule has 2 aromatic rings. The highest BCUT2D eigenvalue weighted by molar-refractivity contribution is 5.97. The fourth-order valence-electron chi connectivity index (χ4n) is 2.47. The molecule has 27 heavy (non-hydrogen) atoms. The number of benzene rings is 2. The Balaban J connectivity index is 1.67. The molecule has 8 heteroatoms. The van der Waals surface area contributed by atoms with Gasteiger partial charge < -0.3 is 24.8 Å². The van der Waals surface area contributed by atoms with E-state index in [1.807, 2.05) is 0 Å². The Morgan fingerprint density at radius 2 is 1.78 bits per heavy atom. The van der Waals surface area contributed by atoms with Gasteiger partial charge in [-0.25, -0.2) is 0 Å². The molecule has 0 aliphatic carbocycles. The molecular formula is C19H18N2O6. The Kier molecular flexibility index (Phi) is 5.25. The summed E-state index contributed by atoms with van der Waals surface area (Å²) in [6.07, 6.45) is 0. The van der Waals surface area contributed by atoms with E-state index >= 15 is 0 Å². The van der Waals surface area contributed by atoms with Crippen molar-refractivity contribution >= 4 is 29.0 Å². The summed E-state index contributed by atoms with van der Waals surface area (Å²) < 4.78 is 16.0. The maximum Gasteiger partial charge on any atom is 0.262 e. The van der Waals surface area contributed by atoms with Crippen molar-refractivity contribution < 1.29 is 28.6 Å². The molecule has 0 atom stereocenters. The van der Waals surface area contributed by atoms with Crippen LogP contribution < -0.4 is 24.8 Å². The third-order valence-corrected chi connectivity index (χ3v) is 3.71. The van der Waals surface area contributed by atoms with Gasteiger partial charge in [0.2, 0.25) is 12.7 Å². The lowest BCUT2D eigenvalue weighted by Gasteiger charge is -2.13. The zero-order valence-electron chi connectivity index (χ0n) is 14.8. The number of ether oxygens (including phenoxy) is 3. The van der Waals surface area contributed by atoms with Crippen molar-refractivity contribution in [3.8, 4) is 17.2 Å². The maximum atomic E-state index is 12.2. The fourth-order valence-corrected chi connectivity index (χ4v) is 2.47. The van der Waals surface area contributed by atoms with Gasteiger partial charge in [-0.05, 0) is 37.3 Å². The monoisotopic (exact) mass is 370 g/mol. The van der Waals surface area contributed by atoms with Crippen molar-refractivity contribution in [1.82, 2.24) is 0 Å². The molecule has 0 spiro atoms. The Morgan fingerprint density at radius 1 is 1.00 bits per heavy atom. The van der Waals surface area contributed by atoms with Gasteiger partial charge in [-0.15, -0.1) is 0 Å². The van der Waals surface area contributed by atoms with Crippen molar-refractivity contribution in [2.75, 3.05) is 24.0 Å². The number of fused-ring (bicyclic) bond motifs is 1. The minimum absolute atomic E-state index is 0.147. The van der Waals surface area contributed by atoms with Crippen LogP contribution in [0.25, 0.3) is 0 Å². The molecule has 3 rings (SSSR count). The number of ketones is 1. The molecule has 1 aliphatic rings. The minimum atomic E-state index is -0.407. The summed E-state index contributed by atoms with van der Waals surface area (Å²) >= 11 is 0. The van der Waals surface area contributed by atoms with Crippen LogP contribution in [0.3, 0.4) is 0 Å². The maximum absolute atomic E-state index is 12.2. The number of Topliss-reactive ketones (excluding diaryl/α,β-unsaturated/α-hetero) is 1. The van der Waals surface area contributed by atoms with Crippen molar-refractivity contribution in [2.24, 2.45) is 0 Å². The molecule has 0 saturated heterocycles. The molecular weight excluding hydrogens is 352 g/mol. The molecule has 0 radical (unpaired) electrons. The SMILES string of the molecule is CC(=O)Nc1ccc(C(C)=O)cc1OCC(=O)Nc1ccc2c(c1)OCO2. The molecule has 1 aliphatic heterocycles. The first-order valence-electron chi connectivity index (χ1n) is 8.17. The number of rotatable bonds is 6. The summed E-state index contributed by atoms with van der Waals surface area (Å²) in [6.45, 7) is 2.62. The van der Waals surface area contributed by atoms with Crippen LogP contribution in [0.5, 0.6) is 17.2 Å². The lowest BCUT2D eigenvalue weighted by atomic mass is 10.1. The van der Waals surface area contributed by atoms with Crippen LogP contribution in [0.4, 0.5) is 11.4 Å². The number of hydrogen-bond acceptors (Lipinski definition) is 6. The van der Waals surface area contributed by atoms with E-state index in [1.165, 1.54) is 19.9 Å². The van der Waals surface area contributed by atoms with Crippen LogP contribution in [0.15, 0.2) is 36.4 Å². The van der Waals surface area contributed by atoms with E-state index in [0.717, 1.165) is 0 Å². The molecule has 140 valence electrons. The van der Waals surface area contributed by atoms with Crippen LogP contribution in [0.1, 0.15) is 24.2 Å². The topological polar surface area (TPSA) is 103 Å². The van der Waals surface area contributed by atoms with E-state index in [-0.39, 0.29) is 30.8 Å². The lowest BCUT2D eigenvalue weighted by Crippen LogP contribution is -2.21. The first-order chi connectivity index (χ1) is 12.9. The number of nitrogens with one attached hydrogen (secondary N) is 2. The largest absolute Gasteiger partial charge is 0.482 e. The van der Waals surface area contributed by atoms with Crippen LogP contribution >= 0.6 is 0 Å². The first kappa shape index (κ1) is 18.2. The smallest absolute Gasteiger partial charge is 0.262 e. The Labute approximate surface area is 155 Å². The molecule has 0 fully saturated rings. The first-order valence-corrected chi connectivity index (χ1v) is 8.17. The van der Waals surface area contributed by atoms with Crippen molar-refractivity contribution in [3.05, 3.63) is 42.0 Å². The van der Waals surface area contributed by atoms with E-state index in [2.05, 4.69) is 10.6 Å². The van der Waals surface area contributed by atoms with Crippen molar-refractivity contribution in [1.29, 1.82) is 0 Å².